The lowest BCUT2D eigenvalue weighted by atomic mass is 10.0. The summed E-state index contributed by atoms with van der Waals surface area (Å²) in [7, 11) is -5.58. The van der Waals surface area contributed by atoms with Crippen molar-refractivity contribution in [3.05, 3.63) is 112 Å². The van der Waals surface area contributed by atoms with E-state index in [1.54, 1.807) is 133 Å². The van der Waals surface area contributed by atoms with Gasteiger partial charge in [-0.2, -0.15) is 0 Å². The molecule has 4 rings (SSSR count). The zero-order chi connectivity index (χ0) is 36.6. The number of carbonyl (C=O) groups is 1. The fourth-order valence-electron chi connectivity index (χ4n) is 3.90. The second kappa shape index (κ2) is 17.0. The van der Waals surface area contributed by atoms with Crippen LogP contribution < -0.4 is 9.44 Å². The molecule has 0 aliphatic carbocycles. The van der Waals surface area contributed by atoms with Crippen LogP contribution in [0.2, 0.25) is 0 Å². The molecular weight excluding hydrogens is 828 g/mol. The van der Waals surface area contributed by atoms with Crippen LogP contribution in [0.1, 0.15) is 51.9 Å². The molecule has 9 nitrogen and oxygen atoms in total. The van der Waals surface area contributed by atoms with E-state index in [9.17, 15) is 30.0 Å². The Morgan fingerprint density at radius 2 is 0.938 bits per heavy atom. The summed E-state index contributed by atoms with van der Waals surface area (Å²) in [6, 6.07) is 26.8. The first kappa shape index (κ1) is 41.7. The number of hydrogen-bond acceptors (Lipinski definition) is 7. The Morgan fingerprint density at radius 3 is 1.31 bits per heavy atom. The van der Waals surface area contributed by atoms with Crippen LogP contribution in [-0.4, -0.2) is 42.6 Å². The third kappa shape index (κ3) is 13.5. The third-order valence-electron chi connectivity index (χ3n) is 5.64. The number of sulfonamides is 2. The van der Waals surface area contributed by atoms with E-state index in [1.807, 2.05) is 0 Å². The van der Waals surface area contributed by atoms with Crippen molar-refractivity contribution >= 4 is 77.9 Å². The van der Waals surface area contributed by atoms with Gasteiger partial charge in [-0.25, -0.2) is 34.7 Å². The Balaban J connectivity index is 0.000000267. The van der Waals surface area contributed by atoms with Gasteiger partial charge in [0.1, 0.15) is 6.29 Å². The lowest BCUT2D eigenvalue weighted by molar-refractivity contribution is 0.112. The summed E-state index contributed by atoms with van der Waals surface area (Å²) in [6.45, 7) is 10.8. The van der Waals surface area contributed by atoms with E-state index >= 15 is 0 Å². The van der Waals surface area contributed by atoms with Gasteiger partial charge >= 0.3 is 0 Å². The lowest BCUT2D eigenvalue weighted by Gasteiger charge is -2.21. The molecule has 0 spiro atoms. The molecule has 15 heteroatoms. The molecule has 2 N–H and O–H groups in total. The molecule has 0 atom stereocenters. The highest BCUT2D eigenvalue weighted by molar-refractivity contribution is 9.10. The Bertz CT molecular complexity index is 2040. The average Bonchev–Trinajstić information content (AvgIpc) is 2.95. The molecule has 0 radical (unpaired) electrons. The summed E-state index contributed by atoms with van der Waals surface area (Å²) in [5.74, 6) is 0. The Kier molecular flexibility index (Phi) is 14.8. The van der Waals surface area contributed by atoms with Crippen molar-refractivity contribution in [3.8, 4) is 11.1 Å². The van der Waals surface area contributed by atoms with Gasteiger partial charge in [0.05, 0.1) is 14.7 Å². The summed E-state index contributed by atoms with van der Waals surface area (Å²) >= 11 is 6.29. The maximum absolute atomic E-state index is 12.6. The first-order chi connectivity index (χ1) is 22.0. The van der Waals surface area contributed by atoms with Crippen LogP contribution in [-0.2, 0) is 29.1 Å². The summed E-state index contributed by atoms with van der Waals surface area (Å²) in [5.41, 5.74) is 0.871. The molecule has 0 aromatic heterocycles. The SMILES string of the molecule is CC(C)(C)NS(=O)(=O)c1ccccc1-c1ccc(C=O)cc1.CC(C)(C)NS(=O)(=O)c1ccccc1Br.O=S(=O)(Cl)c1ccccc1Br. The number of benzene rings is 4. The molecule has 0 unspecified atom stereocenters. The highest BCUT2D eigenvalue weighted by Gasteiger charge is 2.25. The van der Waals surface area contributed by atoms with E-state index in [0.29, 0.717) is 20.1 Å². The standard InChI is InChI=1S/C17H19NO3S.C10H14BrNO2S.C6H4BrClO2S/c1-17(2,3)18-22(20,21)16-7-5-4-6-15(16)14-10-8-13(12-19)9-11-14;1-10(2,3)12-15(13,14)9-7-5-4-6-8(9)11;7-5-3-1-2-4-6(5)11(8,9)10/h4-12,18H,1-3H3;4-7,12H,1-3H3;1-4H. The van der Waals surface area contributed by atoms with Crippen LogP contribution in [0.15, 0.2) is 121 Å². The first-order valence-corrected chi connectivity index (χ1v) is 21.0. The summed E-state index contributed by atoms with van der Waals surface area (Å²) in [6.07, 6.45) is 0.758. The molecule has 0 bridgehead atoms. The Labute approximate surface area is 305 Å². The summed E-state index contributed by atoms with van der Waals surface area (Å²) < 4.78 is 76.9. The fourth-order valence-corrected chi connectivity index (χ4v) is 10.1. The van der Waals surface area contributed by atoms with Crippen LogP contribution in [0.3, 0.4) is 0 Å². The fraction of sp³-hybridized carbons (Fsp3) is 0.242. The molecule has 4 aromatic rings. The predicted molar refractivity (Wildman–Crippen MR) is 199 cm³/mol. The molecule has 0 aliphatic rings. The number of halogens is 3. The third-order valence-corrected chi connectivity index (χ3v) is 12.6. The maximum Gasteiger partial charge on any atom is 0.262 e. The second-order valence-electron chi connectivity index (χ2n) is 12.2. The van der Waals surface area contributed by atoms with Crippen molar-refractivity contribution in [2.75, 3.05) is 0 Å². The minimum Gasteiger partial charge on any atom is -0.298 e. The van der Waals surface area contributed by atoms with Gasteiger partial charge in [-0.15, -0.1) is 0 Å². The lowest BCUT2D eigenvalue weighted by Crippen LogP contribution is -2.40. The van der Waals surface area contributed by atoms with Crippen molar-refractivity contribution < 1.29 is 30.0 Å². The summed E-state index contributed by atoms with van der Waals surface area (Å²) in [4.78, 5) is 11.3. The molecule has 0 saturated heterocycles. The van der Waals surface area contributed by atoms with Gasteiger partial charge in [-0.05, 0) is 109 Å². The smallest absolute Gasteiger partial charge is 0.262 e. The molecule has 0 saturated carbocycles. The highest BCUT2D eigenvalue weighted by Crippen LogP contribution is 2.28. The minimum absolute atomic E-state index is 0.0988. The number of rotatable bonds is 7. The van der Waals surface area contributed by atoms with E-state index < -0.39 is 40.2 Å². The molecule has 4 aromatic carbocycles. The van der Waals surface area contributed by atoms with Gasteiger partial charge < -0.3 is 0 Å². The molecule has 0 amide bonds. The van der Waals surface area contributed by atoms with Crippen LogP contribution in [0.5, 0.6) is 0 Å². The molecule has 0 heterocycles. The second-order valence-corrected chi connectivity index (χ2v) is 19.8. The van der Waals surface area contributed by atoms with Gasteiger partial charge in [0, 0.05) is 41.8 Å². The van der Waals surface area contributed by atoms with Gasteiger partial charge in [-0.1, -0.05) is 66.7 Å². The number of carbonyl (C=O) groups excluding carboxylic acids is 1. The average molecular weight is 865 g/mol. The monoisotopic (exact) mass is 862 g/mol. The van der Waals surface area contributed by atoms with Crippen molar-refractivity contribution in [3.63, 3.8) is 0 Å². The van der Waals surface area contributed by atoms with Gasteiger partial charge in [-0.3, -0.25) is 4.79 Å². The molecule has 260 valence electrons. The number of hydrogen-bond donors (Lipinski definition) is 2. The molecule has 0 fully saturated rings. The minimum atomic E-state index is -3.63. The number of nitrogens with one attached hydrogen (secondary N) is 2. The van der Waals surface area contributed by atoms with E-state index in [-0.39, 0.29) is 14.7 Å². The van der Waals surface area contributed by atoms with Crippen LogP contribution in [0.4, 0.5) is 0 Å². The Morgan fingerprint density at radius 1 is 0.562 bits per heavy atom. The van der Waals surface area contributed by atoms with E-state index in [0.717, 1.165) is 11.8 Å². The van der Waals surface area contributed by atoms with E-state index in [4.69, 9.17) is 10.7 Å². The molecular formula is C33H37Br2ClN2O7S3. The number of aldehydes is 1. The van der Waals surface area contributed by atoms with Crippen LogP contribution >= 0.6 is 42.5 Å². The van der Waals surface area contributed by atoms with Crippen molar-refractivity contribution in [1.29, 1.82) is 0 Å². The van der Waals surface area contributed by atoms with Gasteiger partial charge in [0.25, 0.3) is 9.05 Å². The van der Waals surface area contributed by atoms with E-state index in [2.05, 4.69) is 41.3 Å². The van der Waals surface area contributed by atoms with Crippen LogP contribution in [0, 0.1) is 0 Å². The van der Waals surface area contributed by atoms with Crippen molar-refractivity contribution in [2.45, 2.75) is 67.3 Å². The maximum atomic E-state index is 12.6. The quantitative estimate of drug-likeness (QED) is 0.141. The van der Waals surface area contributed by atoms with Crippen molar-refractivity contribution in [1.82, 2.24) is 9.44 Å². The molecule has 0 aliphatic heterocycles. The molecule has 48 heavy (non-hydrogen) atoms. The van der Waals surface area contributed by atoms with Gasteiger partial charge in [0.15, 0.2) is 0 Å². The highest BCUT2D eigenvalue weighted by atomic mass is 79.9. The Hall–Kier alpha value is -2.43. The zero-order valence-electron chi connectivity index (χ0n) is 27.0. The predicted octanol–water partition coefficient (Wildman–Crippen LogP) is 8.15. The first-order valence-electron chi connectivity index (χ1n) is 14.1. The van der Waals surface area contributed by atoms with Gasteiger partial charge in [0.2, 0.25) is 20.0 Å². The largest absolute Gasteiger partial charge is 0.298 e. The summed E-state index contributed by atoms with van der Waals surface area (Å²) in [5, 5.41) is 0. The van der Waals surface area contributed by atoms with E-state index in [1.165, 1.54) is 6.07 Å². The van der Waals surface area contributed by atoms with Crippen LogP contribution in [0.25, 0.3) is 11.1 Å². The topological polar surface area (TPSA) is 144 Å². The van der Waals surface area contributed by atoms with Crippen molar-refractivity contribution in [2.24, 2.45) is 0 Å². The normalized spacial score (nSPS) is 12.2. The zero-order valence-corrected chi connectivity index (χ0v) is 33.4.